The zero-order chi connectivity index (χ0) is 14.5. The number of nitrogens with zero attached hydrogens (tertiary/aromatic N) is 2. The van der Waals surface area contributed by atoms with E-state index in [1.54, 1.807) is 0 Å². The van der Waals surface area contributed by atoms with Gasteiger partial charge in [0.1, 0.15) is 0 Å². The van der Waals surface area contributed by atoms with Crippen LogP contribution in [-0.2, 0) is 4.79 Å². The van der Waals surface area contributed by atoms with Crippen LogP contribution in [0.25, 0.3) is 0 Å². The smallest absolute Gasteiger partial charge is 0.317 e. The summed E-state index contributed by atoms with van der Waals surface area (Å²) in [5.74, 6) is 0.0720. The summed E-state index contributed by atoms with van der Waals surface area (Å²) >= 11 is 0. The summed E-state index contributed by atoms with van der Waals surface area (Å²) in [5, 5.41) is 2.83. The second-order valence-corrected chi connectivity index (χ2v) is 5.73. The van der Waals surface area contributed by atoms with E-state index >= 15 is 0 Å². The second kappa shape index (κ2) is 6.92. The molecule has 1 atom stereocenters. The van der Waals surface area contributed by atoms with Crippen molar-refractivity contribution < 1.29 is 9.59 Å². The molecule has 20 heavy (non-hydrogen) atoms. The normalized spacial score (nSPS) is 22.0. The number of hydrogen-bond acceptors (Lipinski definition) is 3. The number of urea groups is 1. The second-order valence-electron chi connectivity index (χ2n) is 5.73. The van der Waals surface area contributed by atoms with Gasteiger partial charge in [-0.3, -0.25) is 4.79 Å². The Morgan fingerprint density at radius 3 is 2.65 bits per heavy atom. The Hall–Kier alpha value is -1.30. The van der Waals surface area contributed by atoms with Crippen LogP contribution in [0.1, 0.15) is 39.0 Å². The summed E-state index contributed by atoms with van der Waals surface area (Å²) in [7, 11) is 0. The zero-order valence-electron chi connectivity index (χ0n) is 12.3. The van der Waals surface area contributed by atoms with E-state index in [9.17, 15) is 9.59 Å². The molecule has 6 nitrogen and oxygen atoms in total. The van der Waals surface area contributed by atoms with Gasteiger partial charge in [0.25, 0.3) is 0 Å². The zero-order valence-corrected chi connectivity index (χ0v) is 12.3. The first-order chi connectivity index (χ1) is 9.63. The quantitative estimate of drug-likeness (QED) is 0.771. The predicted molar refractivity (Wildman–Crippen MR) is 77.2 cm³/mol. The molecule has 3 N–H and O–H groups in total. The van der Waals surface area contributed by atoms with Gasteiger partial charge in [-0.2, -0.15) is 0 Å². The Balaban J connectivity index is 1.78. The summed E-state index contributed by atoms with van der Waals surface area (Å²) in [5.41, 5.74) is 5.95. The van der Waals surface area contributed by atoms with Gasteiger partial charge in [0.15, 0.2) is 0 Å². The lowest BCUT2D eigenvalue weighted by Gasteiger charge is -2.37. The Morgan fingerprint density at radius 1 is 1.40 bits per heavy atom. The first-order valence-electron chi connectivity index (χ1n) is 7.72. The molecule has 0 saturated carbocycles. The molecule has 2 aliphatic heterocycles. The Morgan fingerprint density at radius 2 is 2.10 bits per heavy atom. The van der Waals surface area contributed by atoms with Crippen molar-refractivity contribution in [3.05, 3.63) is 0 Å². The molecular weight excluding hydrogens is 256 g/mol. The third-order valence-corrected chi connectivity index (χ3v) is 4.29. The van der Waals surface area contributed by atoms with Gasteiger partial charge in [0.05, 0.1) is 6.04 Å². The third kappa shape index (κ3) is 3.42. The van der Waals surface area contributed by atoms with E-state index in [0.717, 1.165) is 45.2 Å². The number of rotatable bonds is 5. The summed E-state index contributed by atoms with van der Waals surface area (Å²) in [6, 6.07) is -0.0515. The van der Waals surface area contributed by atoms with Gasteiger partial charge in [-0.15, -0.1) is 0 Å². The van der Waals surface area contributed by atoms with E-state index in [1.165, 1.54) is 0 Å². The van der Waals surface area contributed by atoms with Crippen molar-refractivity contribution >= 4 is 11.9 Å². The largest absolute Gasteiger partial charge is 0.341 e. The van der Waals surface area contributed by atoms with Gasteiger partial charge in [-0.1, -0.05) is 19.8 Å². The SMILES string of the molecule is CCCC[C@H](N)C(=O)N1CCC(N2CCNC2=O)CC1. The van der Waals surface area contributed by atoms with E-state index in [2.05, 4.69) is 12.2 Å². The highest BCUT2D eigenvalue weighted by molar-refractivity contribution is 5.81. The van der Waals surface area contributed by atoms with Crippen molar-refractivity contribution in [1.82, 2.24) is 15.1 Å². The lowest BCUT2D eigenvalue weighted by Crippen LogP contribution is -2.51. The van der Waals surface area contributed by atoms with Crippen LogP contribution in [0.3, 0.4) is 0 Å². The molecule has 0 aromatic rings. The molecule has 0 aliphatic carbocycles. The number of nitrogens with one attached hydrogen (secondary N) is 1. The standard InChI is InChI=1S/C14H26N4O2/c1-2-3-4-12(15)13(19)17-8-5-11(6-9-17)18-10-7-16-14(18)20/h11-12H,2-10,15H2,1H3,(H,16,20)/t12-/m0/s1. The molecule has 0 aromatic heterocycles. The Kier molecular flexibility index (Phi) is 5.23. The molecule has 0 aromatic carbocycles. The third-order valence-electron chi connectivity index (χ3n) is 4.29. The van der Waals surface area contributed by atoms with Gasteiger partial charge in [0, 0.05) is 32.2 Å². The number of unbranched alkanes of at least 4 members (excludes halogenated alkanes) is 1. The number of piperidine rings is 1. The topological polar surface area (TPSA) is 78.7 Å². The summed E-state index contributed by atoms with van der Waals surface area (Å²) in [6.45, 7) is 5.05. The first-order valence-corrected chi connectivity index (χ1v) is 7.72. The lowest BCUT2D eigenvalue weighted by atomic mass is 10.0. The molecular formula is C14H26N4O2. The van der Waals surface area contributed by atoms with E-state index < -0.39 is 0 Å². The molecule has 3 amide bonds. The molecule has 0 radical (unpaired) electrons. The van der Waals surface area contributed by atoms with E-state index in [1.807, 2.05) is 9.80 Å². The minimum Gasteiger partial charge on any atom is -0.341 e. The molecule has 6 heteroatoms. The predicted octanol–water partition coefficient (Wildman–Crippen LogP) is 0.520. The van der Waals surface area contributed by atoms with Crippen molar-refractivity contribution in [2.75, 3.05) is 26.2 Å². The van der Waals surface area contributed by atoms with Gasteiger partial charge in [-0.05, 0) is 19.3 Å². The van der Waals surface area contributed by atoms with Crippen molar-refractivity contribution in [2.45, 2.75) is 51.1 Å². The van der Waals surface area contributed by atoms with Crippen LogP contribution in [0, 0.1) is 0 Å². The molecule has 0 unspecified atom stereocenters. The summed E-state index contributed by atoms with van der Waals surface area (Å²) in [6.07, 6.45) is 4.55. The molecule has 2 saturated heterocycles. The Bertz CT molecular complexity index is 353. The molecule has 2 heterocycles. The first kappa shape index (κ1) is 15.1. The maximum Gasteiger partial charge on any atom is 0.317 e. The highest BCUT2D eigenvalue weighted by Crippen LogP contribution is 2.19. The number of carbonyl (C=O) groups is 2. The minimum absolute atomic E-state index is 0.0365. The van der Waals surface area contributed by atoms with E-state index in [4.69, 9.17) is 5.73 Å². The van der Waals surface area contributed by atoms with Crippen LogP contribution in [0.2, 0.25) is 0 Å². The van der Waals surface area contributed by atoms with Gasteiger partial charge >= 0.3 is 6.03 Å². The fourth-order valence-electron chi connectivity index (χ4n) is 3.01. The maximum absolute atomic E-state index is 12.2. The molecule has 114 valence electrons. The fourth-order valence-corrected chi connectivity index (χ4v) is 3.01. The van der Waals surface area contributed by atoms with Gasteiger partial charge < -0.3 is 20.9 Å². The number of likely N-dealkylation sites (tertiary alicyclic amines) is 1. The Labute approximate surface area is 120 Å². The van der Waals surface area contributed by atoms with E-state index in [-0.39, 0.29) is 24.0 Å². The van der Waals surface area contributed by atoms with Crippen LogP contribution in [0.5, 0.6) is 0 Å². The number of carbonyl (C=O) groups excluding carboxylic acids is 2. The maximum atomic E-state index is 12.2. The molecule has 2 rings (SSSR count). The summed E-state index contributed by atoms with van der Waals surface area (Å²) < 4.78 is 0. The van der Waals surface area contributed by atoms with Crippen LogP contribution >= 0.6 is 0 Å². The number of hydrogen-bond donors (Lipinski definition) is 2. The van der Waals surface area contributed by atoms with Crippen molar-refractivity contribution in [3.63, 3.8) is 0 Å². The van der Waals surface area contributed by atoms with Gasteiger partial charge in [0.2, 0.25) is 5.91 Å². The lowest BCUT2D eigenvalue weighted by molar-refractivity contribution is -0.134. The molecule has 0 spiro atoms. The molecule has 2 fully saturated rings. The number of amides is 3. The van der Waals surface area contributed by atoms with Crippen LogP contribution < -0.4 is 11.1 Å². The highest BCUT2D eigenvalue weighted by atomic mass is 16.2. The van der Waals surface area contributed by atoms with Crippen molar-refractivity contribution in [3.8, 4) is 0 Å². The van der Waals surface area contributed by atoms with Crippen LogP contribution in [-0.4, -0.2) is 60.0 Å². The number of nitrogens with two attached hydrogens (primary N) is 1. The fraction of sp³-hybridized carbons (Fsp3) is 0.857. The van der Waals surface area contributed by atoms with Crippen molar-refractivity contribution in [2.24, 2.45) is 5.73 Å². The highest BCUT2D eigenvalue weighted by Gasteiger charge is 2.32. The van der Waals surface area contributed by atoms with E-state index in [0.29, 0.717) is 13.1 Å². The molecule has 2 aliphatic rings. The van der Waals surface area contributed by atoms with Crippen molar-refractivity contribution in [1.29, 1.82) is 0 Å². The minimum atomic E-state index is -0.360. The average molecular weight is 282 g/mol. The van der Waals surface area contributed by atoms with Gasteiger partial charge in [-0.25, -0.2) is 4.79 Å². The van der Waals surface area contributed by atoms with Crippen LogP contribution in [0.15, 0.2) is 0 Å². The van der Waals surface area contributed by atoms with Crippen LogP contribution in [0.4, 0.5) is 4.79 Å². The monoisotopic (exact) mass is 282 g/mol. The summed E-state index contributed by atoms with van der Waals surface area (Å²) in [4.78, 5) is 27.6. The molecule has 0 bridgehead atoms. The average Bonchev–Trinajstić information content (AvgIpc) is 2.90.